The molecule has 0 bridgehead atoms. The second-order valence-electron chi connectivity index (χ2n) is 3.69. The number of ether oxygens (including phenoxy) is 2. The molecule has 2 N–H and O–H groups in total. The van der Waals surface area contributed by atoms with E-state index in [-0.39, 0.29) is 0 Å². The Labute approximate surface area is 111 Å². The van der Waals surface area contributed by atoms with Crippen molar-refractivity contribution in [2.24, 2.45) is 5.73 Å². The Kier molecular flexibility index (Phi) is 7.24. The number of hydrogen-bond donors (Lipinski definition) is 1. The van der Waals surface area contributed by atoms with E-state index in [1.165, 1.54) is 0 Å². The van der Waals surface area contributed by atoms with E-state index in [0.717, 1.165) is 41.8 Å². The Hall–Kier alpha value is -0.580. The summed E-state index contributed by atoms with van der Waals surface area (Å²) in [5, 5.41) is 0. The fourth-order valence-corrected chi connectivity index (χ4v) is 1.94. The highest BCUT2D eigenvalue weighted by Gasteiger charge is 2.03. The SMILES string of the molecule is CCOCCCOc1ccc(Br)cc1CCN. The van der Waals surface area contributed by atoms with Gasteiger partial charge in [0.1, 0.15) is 5.75 Å². The molecule has 0 spiro atoms. The summed E-state index contributed by atoms with van der Waals surface area (Å²) in [5.74, 6) is 0.926. The van der Waals surface area contributed by atoms with Crippen LogP contribution in [0.4, 0.5) is 0 Å². The Morgan fingerprint density at radius 1 is 1.29 bits per heavy atom. The van der Waals surface area contributed by atoms with Crippen LogP contribution in [0.1, 0.15) is 18.9 Å². The molecule has 0 aromatic heterocycles. The van der Waals surface area contributed by atoms with Crippen molar-refractivity contribution < 1.29 is 9.47 Å². The molecule has 0 saturated heterocycles. The van der Waals surface area contributed by atoms with Gasteiger partial charge < -0.3 is 15.2 Å². The molecule has 0 unspecified atom stereocenters. The average molecular weight is 302 g/mol. The number of halogens is 1. The van der Waals surface area contributed by atoms with E-state index < -0.39 is 0 Å². The molecule has 17 heavy (non-hydrogen) atoms. The lowest BCUT2D eigenvalue weighted by molar-refractivity contribution is 0.130. The van der Waals surface area contributed by atoms with E-state index in [1.807, 2.05) is 19.1 Å². The van der Waals surface area contributed by atoms with E-state index in [2.05, 4.69) is 22.0 Å². The Morgan fingerprint density at radius 3 is 2.82 bits per heavy atom. The van der Waals surface area contributed by atoms with Gasteiger partial charge in [-0.25, -0.2) is 0 Å². The van der Waals surface area contributed by atoms with Crippen molar-refractivity contribution in [3.05, 3.63) is 28.2 Å². The molecule has 0 fully saturated rings. The highest BCUT2D eigenvalue weighted by molar-refractivity contribution is 9.10. The molecule has 0 amide bonds. The van der Waals surface area contributed by atoms with E-state index in [4.69, 9.17) is 15.2 Å². The van der Waals surface area contributed by atoms with Gasteiger partial charge in [-0.2, -0.15) is 0 Å². The normalized spacial score (nSPS) is 10.5. The van der Waals surface area contributed by atoms with Crippen molar-refractivity contribution in [2.75, 3.05) is 26.4 Å². The van der Waals surface area contributed by atoms with Gasteiger partial charge in [-0.15, -0.1) is 0 Å². The van der Waals surface area contributed by atoms with Crippen molar-refractivity contribution >= 4 is 15.9 Å². The molecule has 1 rings (SSSR count). The monoisotopic (exact) mass is 301 g/mol. The third kappa shape index (κ3) is 5.52. The number of benzene rings is 1. The molecule has 4 heteroatoms. The van der Waals surface area contributed by atoms with Gasteiger partial charge in [-0.3, -0.25) is 0 Å². The number of rotatable bonds is 8. The first-order valence-electron chi connectivity index (χ1n) is 5.97. The summed E-state index contributed by atoms with van der Waals surface area (Å²) in [5.41, 5.74) is 6.73. The van der Waals surface area contributed by atoms with Crippen molar-refractivity contribution in [3.63, 3.8) is 0 Å². The maximum Gasteiger partial charge on any atom is 0.122 e. The minimum absolute atomic E-state index is 0.631. The van der Waals surface area contributed by atoms with E-state index in [9.17, 15) is 0 Å². The third-order valence-electron chi connectivity index (χ3n) is 2.33. The first-order chi connectivity index (χ1) is 8.27. The molecular weight excluding hydrogens is 282 g/mol. The molecule has 0 aliphatic heterocycles. The smallest absolute Gasteiger partial charge is 0.122 e. The van der Waals surface area contributed by atoms with Crippen LogP contribution in [0.3, 0.4) is 0 Å². The van der Waals surface area contributed by atoms with Crippen LogP contribution in [0.15, 0.2) is 22.7 Å². The molecule has 1 aromatic rings. The van der Waals surface area contributed by atoms with Gasteiger partial charge in [-0.1, -0.05) is 15.9 Å². The van der Waals surface area contributed by atoms with Crippen LogP contribution in [-0.2, 0) is 11.2 Å². The van der Waals surface area contributed by atoms with Gasteiger partial charge in [0.15, 0.2) is 0 Å². The summed E-state index contributed by atoms with van der Waals surface area (Å²) in [4.78, 5) is 0. The van der Waals surface area contributed by atoms with Crippen molar-refractivity contribution in [1.29, 1.82) is 0 Å². The summed E-state index contributed by atoms with van der Waals surface area (Å²) >= 11 is 3.45. The number of hydrogen-bond acceptors (Lipinski definition) is 3. The maximum absolute atomic E-state index is 5.73. The zero-order valence-electron chi connectivity index (χ0n) is 10.2. The zero-order chi connectivity index (χ0) is 12.5. The van der Waals surface area contributed by atoms with Crippen molar-refractivity contribution in [1.82, 2.24) is 0 Å². The second kappa shape index (κ2) is 8.50. The summed E-state index contributed by atoms with van der Waals surface area (Å²) in [7, 11) is 0. The molecule has 0 saturated carbocycles. The summed E-state index contributed by atoms with van der Waals surface area (Å²) < 4.78 is 12.1. The lowest BCUT2D eigenvalue weighted by Crippen LogP contribution is -2.07. The standard InChI is InChI=1S/C13H20BrNO2/c1-2-16-8-3-9-17-13-5-4-12(14)10-11(13)6-7-15/h4-5,10H,2-3,6-9,15H2,1H3. The van der Waals surface area contributed by atoms with E-state index in [0.29, 0.717) is 13.2 Å². The quantitative estimate of drug-likeness (QED) is 0.751. The molecule has 0 radical (unpaired) electrons. The predicted molar refractivity (Wildman–Crippen MR) is 73.5 cm³/mol. The first-order valence-corrected chi connectivity index (χ1v) is 6.76. The van der Waals surface area contributed by atoms with Gasteiger partial charge in [-0.05, 0) is 43.7 Å². The average Bonchev–Trinajstić information content (AvgIpc) is 2.32. The van der Waals surface area contributed by atoms with Crippen LogP contribution in [0, 0.1) is 0 Å². The van der Waals surface area contributed by atoms with Crippen LogP contribution in [0.25, 0.3) is 0 Å². The van der Waals surface area contributed by atoms with Gasteiger partial charge in [0.25, 0.3) is 0 Å². The minimum atomic E-state index is 0.631. The predicted octanol–water partition coefficient (Wildman–Crippen LogP) is 2.76. The van der Waals surface area contributed by atoms with Gasteiger partial charge in [0.2, 0.25) is 0 Å². The second-order valence-corrected chi connectivity index (χ2v) is 4.61. The van der Waals surface area contributed by atoms with Crippen molar-refractivity contribution in [2.45, 2.75) is 19.8 Å². The Bertz CT molecular complexity index is 331. The van der Waals surface area contributed by atoms with E-state index in [1.54, 1.807) is 0 Å². The van der Waals surface area contributed by atoms with Crippen LogP contribution in [0.5, 0.6) is 5.75 Å². The first kappa shape index (κ1) is 14.5. The lowest BCUT2D eigenvalue weighted by atomic mass is 10.1. The summed E-state index contributed by atoms with van der Waals surface area (Å²) in [6.45, 7) is 4.82. The fourth-order valence-electron chi connectivity index (χ4n) is 1.53. The molecule has 0 aliphatic rings. The third-order valence-corrected chi connectivity index (χ3v) is 2.82. The maximum atomic E-state index is 5.73. The van der Waals surface area contributed by atoms with Crippen LogP contribution >= 0.6 is 15.9 Å². The molecule has 1 aromatic carbocycles. The summed E-state index contributed by atoms with van der Waals surface area (Å²) in [6.07, 6.45) is 1.74. The van der Waals surface area contributed by atoms with Crippen LogP contribution in [-0.4, -0.2) is 26.4 Å². The molecule has 96 valence electrons. The number of nitrogens with two attached hydrogens (primary N) is 1. The highest BCUT2D eigenvalue weighted by Crippen LogP contribution is 2.23. The van der Waals surface area contributed by atoms with Gasteiger partial charge in [0.05, 0.1) is 6.61 Å². The van der Waals surface area contributed by atoms with Crippen LogP contribution in [0.2, 0.25) is 0 Å². The summed E-state index contributed by atoms with van der Waals surface area (Å²) in [6, 6.07) is 6.03. The molecule has 0 aliphatic carbocycles. The lowest BCUT2D eigenvalue weighted by Gasteiger charge is -2.11. The molecular formula is C13H20BrNO2. The fraction of sp³-hybridized carbons (Fsp3) is 0.538. The van der Waals surface area contributed by atoms with E-state index >= 15 is 0 Å². The topological polar surface area (TPSA) is 44.5 Å². The minimum Gasteiger partial charge on any atom is -0.493 e. The zero-order valence-corrected chi connectivity index (χ0v) is 11.8. The largest absolute Gasteiger partial charge is 0.493 e. The van der Waals surface area contributed by atoms with Crippen LogP contribution < -0.4 is 10.5 Å². The molecule has 0 heterocycles. The molecule has 0 atom stereocenters. The highest BCUT2D eigenvalue weighted by atomic mass is 79.9. The van der Waals surface area contributed by atoms with Gasteiger partial charge >= 0.3 is 0 Å². The Balaban J connectivity index is 2.45. The van der Waals surface area contributed by atoms with Gasteiger partial charge in [0, 0.05) is 24.1 Å². The molecule has 3 nitrogen and oxygen atoms in total. The Morgan fingerprint density at radius 2 is 2.12 bits per heavy atom. The van der Waals surface area contributed by atoms with Crippen molar-refractivity contribution in [3.8, 4) is 5.75 Å².